The normalized spacial score (nSPS) is 12.1. The molecule has 6 heteroatoms. The summed E-state index contributed by atoms with van der Waals surface area (Å²) in [5.41, 5.74) is -0.554. The van der Waals surface area contributed by atoms with Crippen molar-refractivity contribution in [3.63, 3.8) is 0 Å². The number of oxime groups is 1. The standard InChI is InChI=1S/C10H17NO5/c1-5-15-9(14)10(3,4)7(2)11-16-6-8(12)13/h5-6H2,1-4H3,(H,12,13). The van der Waals surface area contributed by atoms with E-state index in [4.69, 9.17) is 9.84 Å². The largest absolute Gasteiger partial charge is 0.479 e. The van der Waals surface area contributed by atoms with Crippen molar-refractivity contribution in [3.05, 3.63) is 0 Å². The Labute approximate surface area is 94.2 Å². The van der Waals surface area contributed by atoms with Gasteiger partial charge in [-0.2, -0.15) is 0 Å². The van der Waals surface area contributed by atoms with Crippen LogP contribution in [-0.2, 0) is 19.2 Å². The fraction of sp³-hybridized carbons (Fsp3) is 0.700. The van der Waals surface area contributed by atoms with E-state index in [-0.39, 0.29) is 6.61 Å². The van der Waals surface area contributed by atoms with Crippen molar-refractivity contribution >= 4 is 17.7 Å². The Morgan fingerprint density at radius 2 is 1.94 bits per heavy atom. The van der Waals surface area contributed by atoms with Crippen LogP contribution in [0.4, 0.5) is 0 Å². The molecule has 0 saturated carbocycles. The third-order valence-corrected chi connectivity index (χ3v) is 2.08. The molecular weight excluding hydrogens is 214 g/mol. The molecule has 0 saturated heterocycles. The lowest BCUT2D eigenvalue weighted by Gasteiger charge is -2.21. The van der Waals surface area contributed by atoms with E-state index in [0.29, 0.717) is 5.71 Å². The van der Waals surface area contributed by atoms with E-state index in [1.54, 1.807) is 27.7 Å². The molecule has 0 aromatic carbocycles. The molecule has 0 bridgehead atoms. The molecule has 0 rings (SSSR count). The molecule has 0 radical (unpaired) electrons. The number of aliphatic carboxylic acids is 1. The topological polar surface area (TPSA) is 85.2 Å². The Kier molecular flexibility index (Phi) is 5.49. The number of esters is 1. The maximum Gasteiger partial charge on any atom is 0.344 e. The quantitative estimate of drug-likeness (QED) is 0.419. The lowest BCUT2D eigenvalue weighted by Crippen LogP contribution is -2.33. The number of hydrogen-bond acceptors (Lipinski definition) is 5. The number of carbonyl (C=O) groups excluding carboxylic acids is 1. The number of rotatable bonds is 6. The number of hydrogen-bond donors (Lipinski definition) is 1. The van der Waals surface area contributed by atoms with E-state index in [1.165, 1.54) is 0 Å². The molecule has 0 heterocycles. The average molecular weight is 231 g/mol. The monoisotopic (exact) mass is 231 g/mol. The van der Waals surface area contributed by atoms with Crippen LogP contribution in [0.15, 0.2) is 5.16 Å². The fourth-order valence-electron chi connectivity index (χ4n) is 0.758. The zero-order chi connectivity index (χ0) is 12.8. The van der Waals surface area contributed by atoms with Gasteiger partial charge in [-0.05, 0) is 27.7 Å². The molecule has 6 nitrogen and oxygen atoms in total. The zero-order valence-corrected chi connectivity index (χ0v) is 9.94. The molecular formula is C10H17NO5. The molecule has 0 aliphatic rings. The first kappa shape index (κ1) is 14.4. The van der Waals surface area contributed by atoms with Gasteiger partial charge in [0.15, 0.2) is 0 Å². The van der Waals surface area contributed by atoms with Crippen molar-refractivity contribution in [2.24, 2.45) is 10.6 Å². The van der Waals surface area contributed by atoms with E-state index < -0.39 is 24.0 Å². The summed E-state index contributed by atoms with van der Waals surface area (Å²) >= 11 is 0. The predicted octanol–water partition coefficient (Wildman–Crippen LogP) is 1.05. The molecule has 0 aliphatic carbocycles. The number of ether oxygens (including phenoxy) is 1. The van der Waals surface area contributed by atoms with E-state index >= 15 is 0 Å². The van der Waals surface area contributed by atoms with Crippen LogP contribution in [0, 0.1) is 5.41 Å². The van der Waals surface area contributed by atoms with E-state index in [0.717, 1.165) is 0 Å². The molecule has 0 spiro atoms. The van der Waals surface area contributed by atoms with Gasteiger partial charge >= 0.3 is 11.9 Å². The van der Waals surface area contributed by atoms with Gasteiger partial charge in [0.05, 0.1) is 12.3 Å². The van der Waals surface area contributed by atoms with Crippen LogP contribution in [0.5, 0.6) is 0 Å². The maximum absolute atomic E-state index is 11.5. The highest BCUT2D eigenvalue weighted by molar-refractivity contribution is 6.04. The van der Waals surface area contributed by atoms with Gasteiger partial charge in [0.2, 0.25) is 6.61 Å². The second kappa shape index (κ2) is 6.09. The van der Waals surface area contributed by atoms with E-state index in [2.05, 4.69) is 9.99 Å². The molecule has 0 amide bonds. The van der Waals surface area contributed by atoms with Crippen molar-refractivity contribution < 1.29 is 24.3 Å². The first-order chi connectivity index (χ1) is 7.32. The molecule has 0 atom stereocenters. The van der Waals surface area contributed by atoms with Crippen molar-refractivity contribution in [1.29, 1.82) is 0 Å². The van der Waals surface area contributed by atoms with Gasteiger partial charge in [0.1, 0.15) is 5.41 Å². The first-order valence-electron chi connectivity index (χ1n) is 4.88. The summed E-state index contributed by atoms with van der Waals surface area (Å²) in [6, 6.07) is 0. The van der Waals surface area contributed by atoms with Crippen molar-refractivity contribution in [2.75, 3.05) is 13.2 Å². The Hall–Kier alpha value is -1.59. The highest BCUT2D eigenvalue weighted by Gasteiger charge is 2.33. The molecule has 16 heavy (non-hydrogen) atoms. The summed E-state index contributed by atoms with van der Waals surface area (Å²) < 4.78 is 4.86. The second-order valence-electron chi connectivity index (χ2n) is 3.69. The predicted molar refractivity (Wildman–Crippen MR) is 57.1 cm³/mol. The van der Waals surface area contributed by atoms with Gasteiger partial charge in [0.25, 0.3) is 0 Å². The Morgan fingerprint density at radius 1 is 1.38 bits per heavy atom. The Bertz CT molecular complexity index is 296. The zero-order valence-electron chi connectivity index (χ0n) is 9.94. The highest BCUT2D eigenvalue weighted by Crippen LogP contribution is 2.20. The molecule has 92 valence electrons. The van der Waals surface area contributed by atoms with Gasteiger partial charge in [0, 0.05) is 0 Å². The van der Waals surface area contributed by atoms with Crippen molar-refractivity contribution in [1.82, 2.24) is 0 Å². The molecule has 0 fully saturated rings. The summed E-state index contributed by atoms with van der Waals surface area (Å²) in [5.74, 6) is -1.54. The van der Waals surface area contributed by atoms with Crippen LogP contribution in [0.25, 0.3) is 0 Å². The van der Waals surface area contributed by atoms with E-state index in [9.17, 15) is 9.59 Å². The van der Waals surface area contributed by atoms with Crippen LogP contribution in [-0.4, -0.2) is 36.0 Å². The van der Waals surface area contributed by atoms with Crippen LogP contribution < -0.4 is 0 Å². The Morgan fingerprint density at radius 3 is 2.38 bits per heavy atom. The molecule has 0 unspecified atom stereocenters. The lowest BCUT2D eigenvalue weighted by molar-refractivity contribution is -0.149. The third-order valence-electron chi connectivity index (χ3n) is 2.08. The fourth-order valence-corrected chi connectivity index (χ4v) is 0.758. The molecule has 0 aliphatic heterocycles. The summed E-state index contributed by atoms with van der Waals surface area (Å²) in [6.07, 6.45) is 0. The van der Waals surface area contributed by atoms with Gasteiger partial charge in [-0.15, -0.1) is 0 Å². The van der Waals surface area contributed by atoms with Crippen LogP contribution in [0.3, 0.4) is 0 Å². The van der Waals surface area contributed by atoms with Gasteiger partial charge in [-0.1, -0.05) is 5.16 Å². The maximum atomic E-state index is 11.5. The minimum Gasteiger partial charge on any atom is -0.479 e. The minimum atomic E-state index is -1.12. The smallest absolute Gasteiger partial charge is 0.344 e. The van der Waals surface area contributed by atoms with Gasteiger partial charge < -0.3 is 14.7 Å². The first-order valence-corrected chi connectivity index (χ1v) is 4.88. The minimum absolute atomic E-state index is 0.283. The summed E-state index contributed by atoms with van der Waals surface area (Å²) in [6.45, 7) is 6.31. The number of carboxylic acids is 1. The van der Waals surface area contributed by atoms with Crippen LogP contribution >= 0.6 is 0 Å². The molecule has 1 N–H and O–H groups in total. The van der Waals surface area contributed by atoms with Crippen molar-refractivity contribution in [3.8, 4) is 0 Å². The SMILES string of the molecule is CCOC(=O)C(C)(C)C(C)=NOCC(=O)O. The number of nitrogens with zero attached hydrogens (tertiary/aromatic N) is 1. The lowest BCUT2D eigenvalue weighted by atomic mass is 9.88. The number of carbonyl (C=O) groups is 2. The molecule has 0 aromatic heterocycles. The summed E-state index contributed by atoms with van der Waals surface area (Å²) in [4.78, 5) is 26.3. The van der Waals surface area contributed by atoms with E-state index in [1.807, 2.05) is 0 Å². The van der Waals surface area contributed by atoms with Gasteiger partial charge in [-0.25, -0.2) is 4.79 Å². The number of carboxylic acid groups (broad SMARTS) is 1. The van der Waals surface area contributed by atoms with Crippen LogP contribution in [0.2, 0.25) is 0 Å². The highest BCUT2D eigenvalue weighted by atomic mass is 16.6. The summed E-state index contributed by atoms with van der Waals surface area (Å²) in [7, 11) is 0. The second-order valence-corrected chi connectivity index (χ2v) is 3.69. The Balaban J connectivity index is 4.49. The summed E-state index contributed by atoms with van der Waals surface area (Å²) in [5, 5.41) is 11.9. The van der Waals surface area contributed by atoms with Crippen molar-refractivity contribution in [2.45, 2.75) is 27.7 Å². The third kappa shape index (κ3) is 4.29. The van der Waals surface area contributed by atoms with Gasteiger partial charge in [-0.3, -0.25) is 4.79 Å². The average Bonchev–Trinajstić information content (AvgIpc) is 2.17. The molecule has 0 aromatic rings. The van der Waals surface area contributed by atoms with Crippen LogP contribution in [0.1, 0.15) is 27.7 Å².